The molecule has 3 rings (SSSR count). The molecule has 0 amide bonds. The van der Waals surface area contributed by atoms with Gasteiger partial charge in [0.1, 0.15) is 6.04 Å². The highest BCUT2D eigenvalue weighted by Crippen LogP contribution is 2.42. The fourth-order valence-electron chi connectivity index (χ4n) is 3.59. The van der Waals surface area contributed by atoms with Gasteiger partial charge in [-0.3, -0.25) is 0 Å². The summed E-state index contributed by atoms with van der Waals surface area (Å²) in [7, 11) is 0. The Kier molecular flexibility index (Phi) is 3.87. The second kappa shape index (κ2) is 5.78. The Labute approximate surface area is 114 Å². The maximum Gasteiger partial charge on any atom is 0.173 e. The fraction of sp³-hybridized carbons (Fsp3) is 0.667. The van der Waals surface area contributed by atoms with Gasteiger partial charge in [0.15, 0.2) is 5.82 Å². The summed E-state index contributed by atoms with van der Waals surface area (Å²) in [6, 6.07) is 5.59. The van der Waals surface area contributed by atoms with Crippen molar-refractivity contribution in [2.45, 2.75) is 50.7 Å². The van der Waals surface area contributed by atoms with Crippen LogP contribution in [-0.4, -0.2) is 22.2 Å². The third-order valence-corrected chi connectivity index (χ3v) is 4.58. The van der Waals surface area contributed by atoms with Crippen LogP contribution >= 0.6 is 0 Å². The Morgan fingerprint density at radius 2 is 2.00 bits per heavy atom. The van der Waals surface area contributed by atoms with Crippen molar-refractivity contribution >= 4 is 5.82 Å². The summed E-state index contributed by atoms with van der Waals surface area (Å²) in [5.74, 6) is 1.89. The Bertz CT molecular complexity index is 434. The van der Waals surface area contributed by atoms with Gasteiger partial charge in [-0.05, 0) is 43.2 Å². The number of nitrogens with zero attached hydrogens (tertiary/aromatic N) is 3. The van der Waals surface area contributed by atoms with Crippen LogP contribution in [0.5, 0.6) is 0 Å². The predicted octanol–water partition coefficient (Wildman–Crippen LogP) is 3.50. The number of hydrogen-bond acceptors (Lipinski definition) is 4. The molecular weight excluding hydrogens is 238 g/mol. The monoisotopic (exact) mass is 259 g/mol. The molecular formula is C15H21N3O. The zero-order chi connectivity index (χ0) is 13.1. The van der Waals surface area contributed by atoms with Gasteiger partial charge in [0, 0.05) is 6.20 Å². The van der Waals surface area contributed by atoms with E-state index in [9.17, 15) is 5.11 Å². The average Bonchev–Trinajstić information content (AvgIpc) is 2.47. The van der Waals surface area contributed by atoms with Gasteiger partial charge in [-0.15, -0.1) is 5.11 Å². The van der Waals surface area contributed by atoms with Crippen LogP contribution in [0.25, 0.3) is 0 Å². The predicted molar refractivity (Wildman–Crippen MR) is 73.2 cm³/mol. The molecule has 0 spiro atoms. The van der Waals surface area contributed by atoms with E-state index in [1.165, 1.54) is 25.7 Å². The minimum absolute atomic E-state index is 0.0268. The Morgan fingerprint density at radius 3 is 2.84 bits per heavy atom. The van der Waals surface area contributed by atoms with Crippen LogP contribution in [-0.2, 0) is 0 Å². The van der Waals surface area contributed by atoms with Crippen molar-refractivity contribution in [1.29, 1.82) is 0 Å². The van der Waals surface area contributed by atoms with Crippen molar-refractivity contribution in [2.75, 3.05) is 0 Å². The standard InChI is InChI=1S/C15H21N3O/c19-13-9-8-11-5-1-2-6-12(11)15(13)18-17-14-7-3-4-10-16-14/h3-4,7,10-13,15,19H,1-2,5-6,8-9H2. The Hall–Kier alpha value is -1.29. The Balaban J connectivity index is 1.75. The molecule has 2 fully saturated rings. The first-order valence-electron chi connectivity index (χ1n) is 7.34. The third kappa shape index (κ3) is 2.84. The van der Waals surface area contributed by atoms with Crippen LogP contribution < -0.4 is 0 Å². The van der Waals surface area contributed by atoms with E-state index in [0.717, 1.165) is 18.8 Å². The van der Waals surface area contributed by atoms with E-state index in [-0.39, 0.29) is 12.1 Å². The summed E-state index contributed by atoms with van der Waals surface area (Å²) in [5.41, 5.74) is 0. The quantitative estimate of drug-likeness (QED) is 0.826. The second-order valence-corrected chi connectivity index (χ2v) is 5.75. The Morgan fingerprint density at radius 1 is 1.11 bits per heavy atom. The van der Waals surface area contributed by atoms with Crippen molar-refractivity contribution in [2.24, 2.45) is 22.1 Å². The van der Waals surface area contributed by atoms with Crippen molar-refractivity contribution in [1.82, 2.24) is 4.98 Å². The van der Waals surface area contributed by atoms with Gasteiger partial charge >= 0.3 is 0 Å². The number of aliphatic hydroxyl groups is 1. The molecule has 0 aliphatic heterocycles. The molecule has 2 aliphatic rings. The molecule has 0 bridgehead atoms. The fourth-order valence-corrected chi connectivity index (χ4v) is 3.59. The molecule has 1 aromatic rings. The molecule has 4 nitrogen and oxygen atoms in total. The van der Waals surface area contributed by atoms with Crippen molar-refractivity contribution < 1.29 is 5.11 Å². The van der Waals surface area contributed by atoms with Crippen LogP contribution in [0, 0.1) is 11.8 Å². The number of aromatic nitrogens is 1. The minimum atomic E-state index is -0.327. The molecule has 102 valence electrons. The van der Waals surface area contributed by atoms with E-state index < -0.39 is 0 Å². The lowest BCUT2D eigenvalue weighted by Gasteiger charge is -2.41. The normalized spacial score (nSPS) is 35.2. The molecule has 1 N–H and O–H groups in total. The lowest BCUT2D eigenvalue weighted by Crippen LogP contribution is -2.42. The highest BCUT2D eigenvalue weighted by molar-refractivity contribution is 5.23. The molecule has 0 saturated heterocycles. The summed E-state index contributed by atoms with van der Waals surface area (Å²) in [5, 5.41) is 18.9. The number of pyridine rings is 1. The molecule has 4 heteroatoms. The lowest BCUT2D eigenvalue weighted by molar-refractivity contribution is 0.0246. The van der Waals surface area contributed by atoms with Crippen molar-refractivity contribution in [3.63, 3.8) is 0 Å². The highest BCUT2D eigenvalue weighted by Gasteiger charge is 2.39. The molecule has 4 atom stereocenters. The van der Waals surface area contributed by atoms with Crippen LogP contribution in [0.2, 0.25) is 0 Å². The summed E-state index contributed by atoms with van der Waals surface area (Å²) in [6.45, 7) is 0. The first kappa shape index (κ1) is 12.7. The summed E-state index contributed by atoms with van der Waals surface area (Å²) >= 11 is 0. The molecule has 2 aliphatic carbocycles. The highest BCUT2D eigenvalue weighted by atomic mass is 16.3. The minimum Gasteiger partial charge on any atom is -0.391 e. The number of aliphatic hydroxyl groups excluding tert-OH is 1. The van der Waals surface area contributed by atoms with Gasteiger partial charge < -0.3 is 5.11 Å². The van der Waals surface area contributed by atoms with Gasteiger partial charge in [0.25, 0.3) is 0 Å². The molecule has 0 aromatic carbocycles. The molecule has 0 radical (unpaired) electrons. The second-order valence-electron chi connectivity index (χ2n) is 5.75. The smallest absolute Gasteiger partial charge is 0.173 e. The molecule has 1 aromatic heterocycles. The summed E-state index contributed by atoms with van der Waals surface area (Å²) in [6.07, 6.45) is 8.50. The van der Waals surface area contributed by atoms with Gasteiger partial charge in [0.05, 0.1) is 6.10 Å². The van der Waals surface area contributed by atoms with Crippen molar-refractivity contribution in [3.05, 3.63) is 24.4 Å². The number of rotatable bonds is 2. The van der Waals surface area contributed by atoms with Crippen LogP contribution in [0.3, 0.4) is 0 Å². The SMILES string of the molecule is OC1CCC2CCCCC2C1N=Nc1ccccn1. The molecule has 4 unspecified atom stereocenters. The first-order valence-corrected chi connectivity index (χ1v) is 7.34. The van der Waals surface area contributed by atoms with E-state index in [0.29, 0.717) is 11.7 Å². The maximum atomic E-state index is 10.2. The van der Waals surface area contributed by atoms with Gasteiger partial charge in [-0.2, -0.15) is 5.11 Å². The van der Waals surface area contributed by atoms with Gasteiger partial charge in [0.2, 0.25) is 0 Å². The van der Waals surface area contributed by atoms with E-state index in [1.807, 2.05) is 18.2 Å². The maximum absolute atomic E-state index is 10.2. The van der Waals surface area contributed by atoms with Crippen LogP contribution in [0.1, 0.15) is 38.5 Å². The zero-order valence-corrected chi connectivity index (χ0v) is 11.2. The van der Waals surface area contributed by atoms with E-state index in [4.69, 9.17) is 0 Å². The summed E-state index contributed by atoms with van der Waals surface area (Å²) in [4.78, 5) is 4.15. The third-order valence-electron chi connectivity index (χ3n) is 4.58. The van der Waals surface area contributed by atoms with E-state index in [1.54, 1.807) is 6.20 Å². The lowest BCUT2D eigenvalue weighted by atomic mass is 9.67. The van der Waals surface area contributed by atoms with E-state index >= 15 is 0 Å². The summed E-state index contributed by atoms with van der Waals surface area (Å²) < 4.78 is 0. The number of fused-ring (bicyclic) bond motifs is 1. The topological polar surface area (TPSA) is 57.8 Å². The van der Waals surface area contributed by atoms with Gasteiger partial charge in [-0.1, -0.05) is 25.3 Å². The van der Waals surface area contributed by atoms with Crippen LogP contribution in [0.4, 0.5) is 5.82 Å². The molecule has 2 saturated carbocycles. The number of hydrogen-bond donors (Lipinski definition) is 1. The average molecular weight is 259 g/mol. The zero-order valence-electron chi connectivity index (χ0n) is 11.2. The largest absolute Gasteiger partial charge is 0.391 e. The van der Waals surface area contributed by atoms with Crippen LogP contribution in [0.15, 0.2) is 34.6 Å². The van der Waals surface area contributed by atoms with Crippen molar-refractivity contribution in [3.8, 4) is 0 Å². The number of azo groups is 1. The molecule has 1 heterocycles. The van der Waals surface area contributed by atoms with Gasteiger partial charge in [-0.25, -0.2) is 4.98 Å². The first-order chi connectivity index (χ1) is 9.34. The van der Waals surface area contributed by atoms with E-state index in [2.05, 4.69) is 15.2 Å². The molecule has 19 heavy (non-hydrogen) atoms.